The van der Waals surface area contributed by atoms with Crippen LogP contribution in [-0.4, -0.2) is 23.1 Å². The van der Waals surface area contributed by atoms with Gasteiger partial charge in [-0.2, -0.15) is 0 Å². The minimum absolute atomic E-state index is 0.0569. The molecule has 1 aliphatic rings. The van der Waals surface area contributed by atoms with Gasteiger partial charge in [-0.1, -0.05) is 18.5 Å². The maximum atomic E-state index is 9.44. The minimum Gasteiger partial charge on any atom is -0.458 e. The van der Waals surface area contributed by atoms with E-state index in [9.17, 15) is 5.11 Å². The van der Waals surface area contributed by atoms with Crippen LogP contribution < -0.4 is 0 Å². The molecule has 18 heavy (non-hydrogen) atoms. The largest absolute Gasteiger partial charge is 0.458 e. The summed E-state index contributed by atoms with van der Waals surface area (Å²) in [6.07, 6.45) is 0.932. The molecule has 1 aromatic carbocycles. The molecule has 0 aliphatic carbocycles. The highest BCUT2D eigenvalue weighted by Crippen LogP contribution is 2.36. The van der Waals surface area contributed by atoms with Gasteiger partial charge >= 0.3 is 0 Å². The zero-order valence-electron chi connectivity index (χ0n) is 10.4. The highest BCUT2D eigenvalue weighted by molar-refractivity contribution is 6.32. The number of rotatable bonds is 2. The molecule has 3 rings (SSSR count). The SMILES string of the molecule is CCN1CCc2c(Cl)ccc3oc(CO)c(c23)C1. The molecule has 0 saturated carbocycles. The molecule has 1 N–H and O–H groups in total. The van der Waals surface area contributed by atoms with E-state index in [1.807, 2.05) is 12.1 Å². The number of aliphatic hydroxyl groups excluding tert-OH is 1. The number of likely N-dealkylation sites (N-methyl/N-ethyl adjacent to an activating group) is 1. The van der Waals surface area contributed by atoms with Crippen LogP contribution in [0.2, 0.25) is 5.02 Å². The van der Waals surface area contributed by atoms with E-state index in [0.29, 0.717) is 5.76 Å². The Bertz CT molecular complexity index is 591. The molecule has 0 radical (unpaired) electrons. The first-order valence-electron chi connectivity index (χ1n) is 6.29. The van der Waals surface area contributed by atoms with Gasteiger partial charge in [0.25, 0.3) is 0 Å². The average Bonchev–Trinajstić information content (AvgIpc) is 2.61. The second-order valence-corrected chi connectivity index (χ2v) is 5.09. The van der Waals surface area contributed by atoms with Crippen LogP contribution in [0.25, 0.3) is 11.0 Å². The molecular formula is C14H16ClNO2. The summed E-state index contributed by atoms with van der Waals surface area (Å²) in [5, 5.41) is 11.4. The average molecular weight is 266 g/mol. The second-order valence-electron chi connectivity index (χ2n) is 4.68. The Labute approximate surface area is 111 Å². The van der Waals surface area contributed by atoms with Crippen molar-refractivity contribution < 1.29 is 9.52 Å². The molecule has 0 saturated heterocycles. The fourth-order valence-electron chi connectivity index (χ4n) is 2.73. The summed E-state index contributed by atoms with van der Waals surface area (Å²) in [5.74, 6) is 0.675. The highest BCUT2D eigenvalue weighted by atomic mass is 35.5. The Hall–Kier alpha value is -1.03. The summed E-state index contributed by atoms with van der Waals surface area (Å²) < 4.78 is 5.73. The molecule has 0 atom stereocenters. The Balaban J connectivity index is 2.27. The third-order valence-corrected chi connectivity index (χ3v) is 4.09. The summed E-state index contributed by atoms with van der Waals surface area (Å²) in [7, 11) is 0. The smallest absolute Gasteiger partial charge is 0.135 e. The van der Waals surface area contributed by atoms with Crippen LogP contribution in [-0.2, 0) is 19.6 Å². The van der Waals surface area contributed by atoms with E-state index >= 15 is 0 Å². The van der Waals surface area contributed by atoms with E-state index in [2.05, 4.69) is 11.8 Å². The van der Waals surface area contributed by atoms with Crippen LogP contribution in [0.3, 0.4) is 0 Å². The van der Waals surface area contributed by atoms with Gasteiger partial charge in [0, 0.05) is 29.1 Å². The lowest BCUT2D eigenvalue weighted by molar-refractivity contribution is 0.240. The van der Waals surface area contributed by atoms with Gasteiger partial charge in [0.05, 0.1) is 0 Å². The van der Waals surface area contributed by atoms with Crippen molar-refractivity contribution >= 4 is 22.6 Å². The van der Waals surface area contributed by atoms with E-state index in [1.165, 1.54) is 0 Å². The third-order valence-electron chi connectivity index (χ3n) is 3.74. The zero-order chi connectivity index (χ0) is 12.7. The molecule has 3 nitrogen and oxygen atoms in total. The number of hydrogen-bond donors (Lipinski definition) is 1. The summed E-state index contributed by atoms with van der Waals surface area (Å²) in [4.78, 5) is 2.35. The van der Waals surface area contributed by atoms with Crippen molar-refractivity contribution in [1.82, 2.24) is 4.90 Å². The van der Waals surface area contributed by atoms with Crippen LogP contribution in [0.4, 0.5) is 0 Å². The molecule has 96 valence electrons. The lowest BCUT2D eigenvalue weighted by atomic mass is 10.0. The standard InChI is InChI=1S/C14H16ClNO2/c1-2-16-6-5-9-11(15)3-4-12-14(9)10(7-16)13(8-17)18-12/h3-4,17H,2,5-8H2,1H3. The van der Waals surface area contributed by atoms with Gasteiger partial charge in [-0.25, -0.2) is 0 Å². The van der Waals surface area contributed by atoms with Crippen molar-refractivity contribution in [2.24, 2.45) is 0 Å². The number of aliphatic hydroxyl groups is 1. The van der Waals surface area contributed by atoms with Crippen molar-refractivity contribution in [3.8, 4) is 0 Å². The maximum absolute atomic E-state index is 9.44. The second kappa shape index (κ2) is 4.57. The van der Waals surface area contributed by atoms with Gasteiger partial charge < -0.3 is 9.52 Å². The molecule has 0 spiro atoms. The fourth-order valence-corrected chi connectivity index (χ4v) is 2.98. The number of nitrogens with zero attached hydrogens (tertiary/aromatic N) is 1. The van der Waals surface area contributed by atoms with Gasteiger partial charge in [0.15, 0.2) is 0 Å². The molecule has 0 bridgehead atoms. The number of hydrogen-bond acceptors (Lipinski definition) is 3. The first-order valence-corrected chi connectivity index (χ1v) is 6.67. The predicted octanol–water partition coefficient (Wildman–Crippen LogP) is 2.96. The summed E-state index contributed by atoms with van der Waals surface area (Å²) in [6, 6.07) is 3.78. The normalized spacial score (nSPS) is 16.2. The van der Waals surface area contributed by atoms with E-state index < -0.39 is 0 Å². The first-order chi connectivity index (χ1) is 8.74. The molecule has 1 aliphatic heterocycles. The quantitative estimate of drug-likeness (QED) is 0.907. The molecule has 2 aromatic rings. The van der Waals surface area contributed by atoms with Gasteiger partial charge in [-0.05, 0) is 30.7 Å². The van der Waals surface area contributed by atoms with Crippen LogP contribution in [0.5, 0.6) is 0 Å². The number of furan rings is 1. The van der Waals surface area contributed by atoms with Crippen LogP contribution in [0.15, 0.2) is 16.5 Å². The first kappa shape index (κ1) is 12.0. The van der Waals surface area contributed by atoms with Crippen molar-refractivity contribution in [2.75, 3.05) is 13.1 Å². The van der Waals surface area contributed by atoms with Crippen molar-refractivity contribution in [1.29, 1.82) is 0 Å². The molecule has 0 fully saturated rings. The van der Waals surface area contributed by atoms with Crippen LogP contribution in [0, 0.1) is 0 Å². The van der Waals surface area contributed by atoms with Crippen LogP contribution in [0.1, 0.15) is 23.8 Å². The van der Waals surface area contributed by atoms with Gasteiger partial charge in [0.2, 0.25) is 0 Å². The number of benzene rings is 1. The van der Waals surface area contributed by atoms with Crippen LogP contribution >= 0.6 is 11.6 Å². The summed E-state index contributed by atoms with van der Waals surface area (Å²) >= 11 is 6.30. The Kier molecular flexibility index (Phi) is 3.06. The minimum atomic E-state index is -0.0569. The van der Waals surface area contributed by atoms with E-state index in [4.69, 9.17) is 16.0 Å². The van der Waals surface area contributed by atoms with Gasteiger partial charge in [-0.15, -0.1) is 0 Å². The lowest BCUT2D eigenvalue weighted by Gasteiger charge is -2.17. The van der Waals surface area contributed by atoms with Crippen molar-refractivity contribution in [2.45, 2.75) is 26.5 Å². The maximum Gasteiger partial charge on any atom is 0.135 e. The lowest BCUT2D eigenvalue weighted by Crippen LogP contribution is -2.24. The van der Waals surface area contributed by atoms with E-state index in [1.54, 1.807) is 0 Å². The van der Waals surface area contributed by atoms with Gasteiger partial charge in [-0.3, -0.25) is 4.90 Å². The summed E-state index contributed by atoms with van der Waals surface area (Å²) in [6.45, 7) is 4.90. The molecular weight excluding hydrogens is 250 g/mol. The molecule has 1 aromatic heterocycles. The fraction of sp³-hybridized carbons (Fsp3) is 0.429. The Morgan fingerprint density at radius 3 is 2.94 bits per heavy atom. The number of halogens is 1. The van der Waals surface area contributed by atoms with Gasteiger partial charge in [0.1, 0.15) is 18.0 Å². The van der Waals surface area contributed by atoms with E-state index in [-0.39, 0.29) is 6.61 Å². The Morgan fingerprint density at radius 2 is 2.22 bits per heavy atom. The molecule has 0 amide bonds. The van der Waals surface area contributed by atoms with Crippen molar-refractivity contribution in [3.05, 3.63) is 34.0 Å². The highest BCUT2D eigenvalue weighted by Gasteiger charge is 2.23. The predicted molar refractivity (Wildman–Crippen MR) is 71.8 cm³/mol. The van der Waals surface area contributed by atoms with Crippen molar-refractivity contribution in [3.63, 3.8) is 0 Å². The molecule has 4 heteroatoms. The monoisotopic (exact) mass is 265 g/mol. The summed E-state index contributed by atoms with van der Waals surface area (Å²) in [5.41, 5.74) is 3.10. The van der Waals surface area contributed by atoms with E-state index in [0.717, 1.165) is 53.2 Å². The topological polar surface area (TPSA) is 36.6 Å². The zero-order valence-corrected chi connectivity index (χ0v) is 11.1. The third kappa shape index (κ3) is 1.74. The molecule has 2 heterocycles. The molecule has 0 unspecified atom stereocenters. The Morgan fingerprint density at radius 1 is 1.39 bits per heavy atom.